The summed E-state index contributed by atoms with van der Waals surface area (Å²) in [7, 11) is -5.78. The van der Waals surface area contributed by atoms with Gasteiger partial charge in [0.2, 0.25) is 0 Å². The van der Waals surface area contributed by atoms with E-state index in [1.165, 1.54) is 24.3 Å². The first-order valence-corrected chi connectivity index (χ1v) is 8.85. The van der Waals surface area contributed by atoms with Crippen LogP contribution < -0.4 is 9.42 Å². The van der Waals surface area contributed by atoms with Crippen molar-refractivity contribution in [3.05, 3.63) is 66.2 Å². The Morgan fingerprint density at radius 2 is 1.29 bits per heavy atom. The second-order valence-corrected chi connectivity index (χ2v) is 6.73. The predicted octanol–water partition coefficient (Wildman–Crippen LogP) is 5.12. The van der Waals surface area contributed by atoms with Gasteiger partial charge in [0.1, 0.15) is 5.75 Å². The Kier molecular flexibility index (Phi) is 6.13. The minimum absolute atomic E-state index is 0.418. The summed E-state index contributed by atoms with van der Waals surface area (Å²) in [6.07, 6.45) is -10.2. The summed E-state index contributed by atoms with van der Waals surface area (Å²) in [4.78, 5) is 11.9. The van der Waals surface area contributed by atoms with Crippen LogP contribution in [0, 0.1) is 0 Å². The fraction of sp³-hybridized carbons (Fsp3) is 0.250. The Bertz CT molecular complexity index is 828. The van der Waals surface area contributed by atoms with Crippen molar-refractivity contribution in [3.63, 3.8) is 0 Å². The first-order valence-electron chi connectivity index (χ1n) is 7.39. The molecule has 12 heteroatoms. The second kappa shape index (κ2) is 7.73. The molecule has 0 aliphatic heterocycles. The van der Waals surface area contributed by atoms with Crippen LogP contribution in [0.25, 0.3) is 0 Å². The Hall–Kier alpha value is -2.10. The molecule has 2 rings (SSSR count). The lowest BCUT2D eigenvalue weighted by molar-refractivity contribution is -0.373. The van der Waals surface area contributed by atoms with Gasteiger partial charge in [-0.05, 0) is 17.7 Å². The van der Waals surface area contributed by atoms with Crippen molar-refractivity contribution in [2.75, 3.05) is 0 Å². The second-order valence-electron chi connectivity index (χ2n) is 5.44. The molecule has 2 atom stereocenters. The lowest BCUT2D eigenvalue weighted by Gasteiger charge is -2.36. The van der Waals surface area contributed by atoms with E-state index in [-0.39, 0.29) is 0 Å². The van der Waals surface area contributed by atoms with Gasteiger partial charge in [-0.3, -0.25) is 9.09 Å². The van der Waals surface area contributed by atoms with Crippen LogP contribution in [-0.4, -0.2) is 18.0 Å². The highest BCUT2D eigenvalue weighted by Crippen LogP contribution is 2.57. The predicted molar refractivity (Wildman–Crippen MR) is 80.9 cm³/mol. The highest BCUT2D eigenvalue weighted by Gasteiger charge is 2.76. The molecule has 0 aliphatic rings. The lowest BCUT2D eigenvalue weighted by Crippen LogP contribution is -2.55. The summed E-state index contributed by atoms with van der Waals surface area (Å²) in [5, 5.41) is 0. The number of rotatable bonds is 7. The highest BCUT2D eigenvalue weighted by atomic mass is 31.2. The molecule has 28 heavy (non-hydrogen) atoms. The van der Waals surface area contributed by atoms with Crippen LogP contribution in [0.3, 0.4) is 0 Å². The van der Waals surface area contributed by atoms with Crippen molar-refractivity contribution in [1.29, 1.82) is 0 Å². The smallest absolute Gasteiger partial charge is 0.459 e. The van der Waals surface area contributed by atoms with E-state index in [2.05, 4.69) is 9.05 Å². The van der Waals surface area contributed by atoms with Gasteiger partial charge in [0.25, 0.3) is 0 Å². The zero-order valence-corrected chi connectivity index (χ0v) is 14.5. The number of para-hydroxylation sites is 1. The van der Waals surface area contributed by atoms with E-state index in [1.807, 2.05) is 0 Å². The number of halogens is 7. The molecule has 0 bridgehead atoms. The van der Waals surface area contributed by atoms with Gasteiger partial charge in [-0.1, -0.05) is 48.5 Å². The summed E-state index contributed by atoms with van der Waals surface area (Å²) in [6, 6.07) is 10.9. The summed E-state index contributed by atoms with van der Waals surface area (Å²) < 4.78 is 113. The zero-order chi connectivity index (χ0) is 21.2. The summed E-state index contributed by atoms with van der Waals surface area (Å²) in [5.41, 5.74) is -0.927. The van der Waals surface area contributed by atoms with Crippen molar-refractivity contribution < 1.29 is 49.2 Å². The van der Waals surface area contributed by atoms with Gasteiger partial charge in [-0.15, -0.1) is 0 Å². The van der Waals surface area contributed by atoms with E-state index in [0.717, 1.165) is 24.3 Å². The summed E-state index contributed by atoms with van der Waals surface area (Å²) in [6.45, 7) is 0. The number of hydrogen-bond acceptors (Lipinski definition) is 4. The van der Waals surface area contributed by atoms with Crippen molar-refractivity contribution in [1.82, 2.24) is 0 Å². The molecule has 0 amide bonds. The van der Waals surface area contributed by atoms with Crippen molar-refractivity contribution in [2.45, 2.75) is 24.1 Å². The van der Waals surface area contributed by atoms with E-state index in [9.17, 15) is 40.2 Å². The van der Waals surface area contributed by atoms with Gasteiger partial charge in [-0.25, -0.2) is 0 Å². The fourth-order valence-electron chi connectivity index (χ4n) is 2.08. The minimum atomic E-state index is -6.67. The maximum absolute atomic E-state index is 14.2. The first kappa shape index (κ1) is 22.2. The third kappa shape index (κ3) is 4.65. The summed E-state index contributed by atoms with van der Waals surface area (Å²) in [5.74, 6) is -13.0. The largest absolute Gasteiger partial charge is 0.746 e. The number of hydrogen-bond donors (Lipinski definition) is 0. The van der Waals surface area contributed by atoms with Gasteiger partial charge in [0.15, 0.2) is 6.10 Å². The monoisotopic (exact) mass is 431 g/mol. The number of alkyl halides is 7. The molecule has 0 aliphatic carbocycles. The molecule has 0 saturated heterocycles. The molecule has 0 aromatic heterocycles. The van der Waals surface area contributed by atoms with Crippen molar-refractivity contribution >= 4 is 7.82 Å². The van der Waals surface area contributed by atoms with E-state index in [0.29, 0.717) is 12.1 Å². The molecule has 0 radical (unpaired) electrons. The minimum Gasteiger partial charge on any atom is -0.746 e. The van der Waals surface area contributed by atoms with Gasteiger partial charge < -0.3 is 9.42 Å². The molecule has 0 fully saturated rings. The maximum Gasteiger partial charge on any atom is 0.459 e. The van der Waals surface area contributed by atoms with Gasteiger partial charge in [0.05, 0.1) is 0 Å². The van der Waals surface area contributed by atoms with E-state index in [1.54, 1.807) is 0 Å². The number of phosphoric ester groups is 1. The molecule has 4 nitrogen and oxygen atoms in total. The van der Waals surface area contributed by atoms with E-state index >= 15 is 0 Å². The fourth-order valence-corrected chi connectivity index (χ4v) is 3.01. The molecule has 154 valence electrons. The van der Waals surface area contributed by atoms with Gasteiger partial charge in [0, 0.05) is 0 Å². The Morgan fingerprint density at radius 3 is 1.75 bits per heavy atom. The third-order valence-corrected chi connectivity index (χ3v) is 4.30. The van der Waals surface area contributed by atoms with Crippen LogP contribution in [0.15, 0.2) is 60.7 Å². The molecule has 0 heterocycles. The zero-order valence-electron chi connectivity index (χ0n) is 13.6. The molecule has 0 spiro atoms. The van der Waals surface area contributed by atoms with Crippen LogP contribution in [0.5, 0.6) is 5.75 Å². The third-order valence-electron chi connectivity index (χ3n) is 3.40. The Labute approximate surface area is 154 Å². The average molecular weight is 431 g/mol. The summed E-state index contributed by atoms with van der Waals surface area (Å²) >= 11 is 0. The molecule has 0 N–H and O–H groups in total. The van der Waals surface area contributed by atoms with E-state index in [4.69, 9.17) is 0 Å². The maximum atomic E-state index is 14.2. The average Bonchev–Trinajstić information content (AvgIpc) is 2.60. The van der Waals surface area contributed by atoms with Crippen LogP contribution in [0.1, 0.15) is 11.7 Å². The molecule has 0 saturated carbocycles. The molecular weight excluding hydrogens is 420 g/mol. The number of phosphoric acid groups is 1. The highest BCUT2D eigenvalue weighted by molar-refractivity contribution is 7.46. The molecular formula is C16H11F7O4P-. The van der Waals surface area contributed by atoms with Crippen molar-refractivity contribution in [2.24, 2.45) is 0 Å². The number of benzene rings is 2. The standard InChI is InChI=1S/C16H12F7O4P/c17-14(18,15(19,20)16(21,22)23)13(11-7-3-1-4-8-11)27-28(24,25)26-12-9-5-2-6-10-12/h1-10,13H,(H,24,25)/p-1/t13-/m1/s1. The quantitative estimate of drug-likeness (QED) is 0.451. The van der Waals surface area contributed by atoms with Gasteiger partial charge >= 0.3 is 25.8 Å². The van der Waals surface area contributed by atoms with Crippen LogP contribution in [0.4, 0.5) is 30.7 Å². The van der Waals surface area contributed by atoms with E-state index < -0.39 is 43.3 Å². The van der Waals surface area contributed by atoms with Crippen LogP contribution >= 0.6 is 7.82 Å². The first-order chi connectivity index (χ1) is 12.8. The Balaban J connectivity index is 2.45. The molecule has 1 unspecified atom stereocenters. The lowest BCUT2D eigenvalue weighted by atomic mass is 9.98. The SMILES string of the molecule is O=P([O-])(Oc1ccccc1)O[C@H](c1ccccc1)C(F)(F)C(F)(F)C(F)(F)F. The topological polar surface area (TPSA) is 58.6 Å². The molecule has 2 aromatic rings. The van der Waals surface area contributed by atoms with Crippen LogP contribution in [-0.2, 0) is 9.09 Å². The molecule has 2 aromatic carbocycles. The Morgan fingerprint density at radius 1 is 0.821 bits per heavy atom. The van der Waals surface area contributed by atoms with Crippen LogP contribution in [0.2, 0.25) is 0 Å². The normalized spacial score (nSPS) is 16.3. The van der Waals surface area contributed by atoms with Gasteiger partial charge in [-0.2, -0.15) is 30.7 Å². The van der Waals surface area contributed by atoms with Crippen molar-refractivity contribution in [3.8, 4) is 5.75 Å².